The molecule has 2 rings (SSSR count). The van der Waals surface area contributed by atoms with Gasteiger partial charge >= 0.3 is 0 Å². The lowest BCUT2D eigenvalue weighted by molar-refractivity contribution is -0.139. The van der Waals surface area contributed by atoms with Crippen LogP contribution in [0.3, 0.4) is 0 Å². The van der Waals surface area contributed by atoms with Crippen LogP contribution in [0.1, 0.15) is 51.5 Å². The Balaban J connectivity index is 1.69. The molecule has 1 aliphatic heterocycles. The molecule has 0 radical (unpaired) electrons. The van der Waals surface area contributed by atoms with Crippen molar-refractivity contribution in [2.24, 2.45) is 5.92 Å². The van der Waals surface area contributed by atoms with Crippen molar-refractivity contribution in [3.63, 3.8) is 0 Å². The summed E-state index contributed by atoms with van der Waals surface area (Å²) < 4.78 is 4.95. The molecule has 0 aromatic heterocycles. The van der Waals surface area contributed by atoms with Crippen molar-refractivity contribution in [2.45, 2.75) is 58.4 Å². The maximum absolute atomic E-state index is 12.8. The van der Waals surface area contributed by atoms with Crippen molar-refractivity contribution in [3.8, 4) is 0 Å². The van der Waals surface area contributed by atoms with Gasteiger partial charge in [0.2, 0.25) is 41.4 Å². The molecule has 1 aromatic rings. The fourth-order valence-corrected chi connectivity index (χ4v) is 4.31. The van der Waals surface area contributed by atoms with Gasteiger partial charge in [0.1, 0.15) is 19.4 Å². The minimum absolute atomic E-state index is 0.121. The zero-order valence-corrected chi connectivity index (χ0v) is 25.6. The third kappa shape index (κ3) is 14.6. The number of hydrogen-bond donors (Lipinski definition) is 5. The van der Waals surface area contributed by atoms with E-state index in [0.717, 1.165) is 5.56 Å². The van der Waals surface area contributed by atoms with Crippen LogP contribution in [0.25, 0.3) is 0 Å². The van der Waals surface area contributed by atoms with Crippen LogP contribution in [0.15, 0.2) is 30.3 Å². The predicted molar refractivity (Wildman–Crippen MR) is 160 cm³/mol. The molecule has 15 heteroatoms. The van der Waals surface area contributed by atoms with Gasteiger partial charge in [-0.05, 0) is 25.3 Å². The molecule has 1 saturated heterocycles. The molecule has 15 nitrogen and oxygen atoms in total. The van der Waals surface area contributed by atoms with E-state index in [1.807, 2.05) is 0 Å². The fourth-order valence-electron chi connectivity index (χ4n) is 4.31. The number of nitrogens with zero attached hydrogens (tertiary/aromatic N) is 1. The van der Waals surface area contributed by atoms with E-state index in [-0.39, 0.29) is 68.6 Å². The number of carbonyl (C=O) groups excluding carboxylic acids is 8. The average Bonchev–Trinajstić information content (AvgIpc) is 3.25. The lowest BCUT2D eigenvalue weighted by Crippen LogP contribution is -2.52. The number of ketones is 1. The van der Waals surface area contributed by atoms with Crippen molar-refractivity contribution in [1.29, 1.82) is 0 Å². The number of unbranched alkanes of at least 4 members (excludes halogenated alkanes) is 2. The van der Waals surface area contributed by atoms with Crippen LogP contribution in [-0.2, 0) is 49.5 Å². The van der Waals surface area contributed by atoms with Gasteiger partial charge in [0.05, 0.1) is 19.6 Å². The van der Waals surface area contributed by atoms with Gasteiger partial charge in [-0.15, -0.1) is 0 Å². The number of carbonyl (C=O) groups is 8. The predicted octanol–water partition coefficient (Wildman–Crippen LogP) is -1.30. The van der Waals surface area contributed by atoms with Crippen molar-refractivity contribution >= 4 is 47.1 Å². The molecule has 2 atom stereocenters. The highest BCUT2D eigenvalue weighted by Crippen LogP contribution is 2.19. The molecule has 0 saturated carbocycles. The van der Waals surface area contributed by atoms with Crippen LogP contribution in [0, 0.1) is 5.92 Å². The van der Waals surface area contributed by atoms with E-state index in [1.54, 1.807) is 37.3 Å². The normalized spacial score (nSPS) is 14.8. The monoisotopic (exact) mass is 630 g/mol. The second kappa shape index (κ2) is 19.6. The fraction of sp³-hybridized carbons (Fsp3) is 0.533. The molecule has 45 heavy (non-hydrogen) atoms. The summed E-state index contributed by atoms with van der Waals surface area (Å²) in [5, 5.41) is 12.2. The first-order valence-corrected chi connectivity index (χ1v) is 14.8. The number of likely N-dealkylation sites (tertiary alicyclic amines) is 1. The molecule has 1 unspecified atom stereocenters. The molecule has 1 aromatic carbocycles. The van der Waals surface area contributed by atoms with Gasteiger partial charge in [0.25, 0.3) is 0 Å². The van der Waals surface area contributed by atoms with Gasteiger partial charge in [-0.2, -0.15) is 0 Å². The number of rotatable bonds is 20. The number of ether oxygens (including phenoxy) is 1. The first kappa shape index (κ1) is 36.5. The second-order valence-corrected chi connectivity index (χ2v) is 10.7. The summed E-state index contributed by atoms with van der Waals surface area (Å²) in [6, 6.07) is 7.83. The van der Waals surface area contributed by atoms with Gasteiger partial charge < -0.3 is 31.3 Å². The van der Waals surface area contributed by atoms with Gasteiger partial charge in [-0.25, -0.2) is 0 Å². The van der Waals surface area contributed by atoms with Crippen LogP contribution < -0.4 is 26.6 Å². The van der Waals surface area contributed by atoms with Gasteiger partial charge in [0.15, 0.2) is 5.78 Å². The zero-order chi connectivity index (χ0) is 33.2. The van der Waals surface area contributed by atoms with Crippen LogP contribution in [0.5, 0.6) is 0 Å². The quantitative estimate of drug-likeness (QED) is 0.0658. The Bertz CT molecular complexity index is 1220. The summed E-state index contributed by atoms with van der Waals surface area (Å²) in [6.07, 6.45) is 2.24. The van der Waals surface area contributed by atoms with Gasteiger partial charge in [-0.1, -0.05) is 43.7 Å². The molecule has 0 aliphatic carbocycles. The first-order chi connectivity index (χ1) is 21.5. The van der Waals surface area contributed by atoms with E-state index < -0.39 is 42.8 Å². The van der Waals surface area contributed by atoms with E-state index >= 15 is 0 Å². The van der Waals surface area contributed by atoms with E-state index in [4.69, 9.17) is 4.74 Å². The third-order valence-corrected chi connectivity index (χ3v) is 6.68. The molecular weight excluding hydrogens is 588 g/mol. The summed E-state index contributed by atoms with van der Waals surface area (Å²) >= 11 is 0. The smallest absolute Gasteiger partial charge is 0.243 e. The minimum Gasteiger partial charge on any atom is -0.354 e. The lowest BCUT2D eigenvalue weighted by atomic mass is 10.1. The summed E-state index contributed by atoms with van der Waals surface area (Å²) in [7, 11) is 0. The molecular formula is C30H42N6O9. The standard InChI is InChI=1S/C30H42N6O9/c1-20-13-28(42)36(30(20)44)12-8-4-7-11-24(38)31-15-25(39)32-17-27(41)35-23(14-22-9-5-3-6-10-22)29(43)33-16-26(40)34-19-45-18-21(2)37/h3,5-6,9-10,20,23H,4,7-8,11-19H2,1-2H3,(H,31,38)(H,32,39)(H,33,43)(H,34,40)(H,35,41)/t20?,23-/m0/s1. The van der Waals surface area contributed by atoms with Crippen molar-refractivity contribution in [1.82, 2.24) is 31.5 Å². The largest absolute Gasteiger partial charge is 0.354 e. The highest BCUT2D eigenvalue weighted by molar-refractivity contribution is 6.03. The van der Waals surface area contributed by atoms with E-state index in [0.29, 0.717) is 25.8 Å². The van der Waals surface area contributed by atoms with Crippen molar-refractivity contribution in [3.05, 3.63) is 35.9 Å². The highest BCUT2D eigenvalue weighted by Gasteiger charge is 2.34. The third-order valence-electron chi connectivity index (χ3n) is 6.68. The minimum atomic E-state index is -1.05. The van der Waals surface area contributed by atoms with Gasteiger partial charge in [-0.3, -0.25) is 43.3 Å². The average molecular weight is 631 g/mol. The number of Topliss-reactive ketones (excluding diaryl/α,β-unsaturated/α-hetero) is 1. The number of benzene rings is 1. The number of nitrogens with one attached hydrogen (secondary N) is 5. The summed E-state index contributed by atoms with van der Waals surface area (Å²) in [5.41, 5.74) is 0.749. The van der Waals surface area contributed by atoms with Crippen LogP contribution in [0.2, 0.25) is 0 Å². The van der Waals surface area contributed by atoms with Crippen LogP contribution in [-0.4, -0.2) is 97.6 Å². The SMILES string of the molecule is CC(=O)COCNC(=O)CNC(=O)[C@H](Cc1ccccc1)NC(=O)CNC(=O)CNC(=O)CCCCCN1C(=O)CC(C)C1=O. The summed E-state index contributed by atoms with van der Waals surface area (Å²) in [5.74, 6) is -3.63. The van der Waals surface area contributed by atoms with Gasteiger partial charge in [0, 0.05) is 31.7 Å². The van der Waals surface area contributed by atoms with Crippen molar-refractivity contribution in [2.75, 3.05) is 39.5 Å². The Morgan fingerprint density at radius 1 is 0.844 bits per heavy atom. The number of imide groups is 1. The van der Waals surface area contributed by atoms with E-state index in [2.05, 4.69) is 26.6 Å². The number of amides is 7. The Labute approximate surface area is 261 Å². The Kier molecular flexibility index (Phi) is 15.9. The maximum Gasteiger partial charge on any atom is 0.243 e. The Morgan fingerprint density at radius 2 is 1.49 bits per heavy atom. The van der Waals surface area contributed by atoms with Crippen LogP contribution >= 0.6 is 0 Å². The van der Waals surface area contributed by atoms with Crippen molar-refractivity contribution < 1.29 is 43.1 Å². The zero-order valence-electron chi connectivity index (χ0n) is 25.6. The maximum atomic E-state index is 12.8. The Hall–Kier alpha value is -4.66. The van der Waals surface area contributed by atoms with E-state index in [1.165, 1.54) is 11.8 Å². The summed E-state index contributed by atoms with van der Waals surface area (Å²) in [6.45, 7) is 1.84. The molecule has 0 spiro atoms. The molecule has 5 N–H and O–H groups in total. The molecule has 1 fully saturated rings. The van der Waals surface area contributed by atoms with Crippen LogP contribution in [0.4, 0.5) is 0 Å². The highest BCUT2D eigenvalue weighted by atomic mass is 16.5. The second-order valence-electron chi connectivity index (χ2n) is 10.7. The molecule has 1 heterocycles. The molecule has 0 bridgehead atoms. The first-order valence-electron chi connectivity index (χ1n) is 14.8. The summed E-state index contributed by atoms with van der Waals surface area (Å²) in [4.78, 5) is 97.4. The topological polar surface area (TPSA) is 209 Å². The molecule has 1 aliphatic rings. The molecule has 7 amide bonds. The Morgan fingerprint density at radius 3 is 2.16 bits per heavy atom. The molecule has 246 valence electrons. The lowest BCUT2D eigenvalue weighted by Gasteiger charge is -2.19. The van der Waals surface area contributed by atoms with E-state index in [9.17, 15) is 38.4 Å². The number of hydrogen-bond acceptors (Lipinski definition) is 9.